The number of nitrogens with zero attached hydrogens (tertiary/aromatic N) is 2. The molecule has 0 radical (unpaired) electrons. The highest BCUT2D eigenvalue weighted by Gasteiger charge is 2.19. The van der Waals surface area contributed by atoms with E-state index in [2.05, 4.69) is 29.6 Å². The van der Waals surface area contributed by atoms with Crippen molar-refractivity contribution in [3.63, 3.8) is 0 Å². The minimum absolute atomic E-state index is 0.299. The second-order valence-electron chi connectivity index (χ2n) is 5.32. The zero-order valence-corrected chi connectivity index (χ0v) is 13.3. The van der Waals surface area contributed by atoms with Gasteiger partial charge in [0.15, 0.2) is 0 Å². The Labute approximate surface area is 125 Å². The first-order valence-electron chi connectivity index (χ1n) is 6.99. The van der Waals surface area contributed by atoms with Gasteiger partial charge in [-0.3, -0.25) is 14.3 Å². The van der Waals surface area contributed by atoms with E-state index in [1.807, 2.05) is 18.5 Å². The summed E-state index contributed by atoms with van der Waals surface area (Å²) < 4.78 is 6.65. The summed E-state index contributed by atoms with van der Waals surface area (Å²) in [6.07, 6.45) is 0. The van der Waals surface area contributed by atoms with E-state index in [1.165, 1.54) is 7.11 Å². The lowest BCUT2D eigenvalue weighted by Crippen LogP contribution is -2.37. The van der Waals surface area contributed by atoms with Gasteiger partial charge in [0.05, 0.1) is 23.7 Å². The number of hydrogen-bond donors (Lipinski definition) is 2. The molecule has 0 bridgehead atoms. The number of nitrogens with one attached hydrogen (secondary N) is 2. The van der Waals surface area contributed by atoms with Crippen molar-refractivity contribution in [3.8, 4) is 0 Å². The zero-order valence-electron chi connectivity index (χ0n) is 13.3. The third-order valence-electron chi connectivity index (χ3n) is 2.96. The minimum atomic E-state index is -0.693. The highest BCUT2D eigenvalue weighted by molar-refractivity contribution is 6.39. The van der Waals surface area contributed by atoms with Crippen LogP contribution >= 0.6 is 0 Å². The molecule has 1 aromatic heterocycles. The van der Waals surface area contributed by atoms with Crippen LogP contribution in [0.1, 0.15) is 25.2 Å². The summed E-state index contributed by atoms with van der Waals surface area (Å²) in [6, 6.07) is 0. The molecule has 2 amide bonds. The third-order valence-corrected chi connectivity index (χ3v) is 2.96. The number of hydrogen-bond acceptors (Lipinski definition) is 4. The molecule has 1 heterocycles. The molecule has 0 saturated carbocycles. The molecule has 118 valence electrons. The van der Waals surface area contributed by atoms with Gasteiger partial charge in [-0.05, 0) is 19.8 Å². The van der Waals surface area contributed by atoms with Gasteiger partial charge in [-0.2, -0.15) is 5.10 Å². The van der Waals surface area contributed by atoms with Gasteiger partial charge in [-0.1, -0.05) is 13.8 Å². The Morgan fingerprint density at radius 1 is 1.29 bits per heavy atom. The molecule has 0 aliphatic heterocycles. The van der Waals surface area contributed by atoms with E-state index in [0.29, 0.717) is 30.5 Å². The fourth-order valence-corrected chi connectivity index (χ4v) is 1.92. The molecule has 0 aliphatic carbocycles. The first-order chi connectivity index (χ1) is 9.86. The smallest absolute Gasteiger partial charge is 0.313 e. The molecule has 0 saturated heterocycles. The van der Waals surface area contributed by atoms with Crippen LogP contribution in [0.15, 0.2) is 0 Å². The van der Waals surface area contributed by atoms with Gasteiger partial charge in [0.1, 0.15) is 0 Å². The Balaban J connectivity index is 2.72. The van der Waals surface area contributed by atoms with Crippen LogP contribution in [-0.4, -0.2) is 41.9 Å². The molecule has 0 spiro atoms. The molecule has 0 fully saturated rings. The molecule has 0 atom stereocenters. The number of ether oxygens (including phenoxy) is 1. The Kier molecular flexibility index (Phi) is 6.36. The molecule has 2 N–H and O–H groups in total. The molecule has 7 heteroatoms. The summed E-state index contributed by atoms with van der Waals surface area (Å²) in [6.45, 7) is 9.30. The van der Waals surface area contributed by atoms with Crippen LogP contribution in [-0.2, 0) is 20.9 Å². The lowest BCUT2D eigenvalue weighted by atomic mass is 10.2. The van der Waals surface area contributed by atoms with Gasteiger partial charge in [0, 0.05) is 20.2 Å². The van der Waals surface area contributed by atoms with Crippen molar-refractivity contribution in [1.82, 2.24) is 15.1 Å². The SMILES string of the molecule is COCCNC(=O)C(=O)Nc1c(C)nn(CC(C)C)c1C. The maximum absolute atomic E-state index is 11.8. The van der Waals surface area contributed by atoms with E-state index in [9.17, 15) is 9.59 Å². The molecular formula is C14H24N4O3. The second-order valence-corrected chi connectivity index (χ2v) is 5.32. The topological polar surface area (TPSA) is 85.2 Å². The number of carbonyl (C=O) groups excluding carboxylic acids is 2. The molecule has 1 aromatic rings. The number of carbonyl (C=O) groups is 2. The van der Waals surface area contributed by atoms with E-state index in [4.69, 9.17) is 4.74 Å². The monoisotopic (exact) mass is 296 g/mol. The minimum Gasteiger partial charge on any atom is -0.383 e. The first kappa shape index (κ1) is 17.2. The standard InChI is InChI=1S/C14H24N4O3/c1-9(2)8-18-11(4)12(10(3)17-18)16-14(20)13(19)15-6-7-21-5/h9H,6-8H2,1-5H3,(H,15,19)(H,16,20). The van der Waals surface area contributed by atoms with E-state index in [0.717, 1.165) is 12.2 Å². The predicted molar refractivity (Wildman–Crippen MR) is 80.1 cm³/mol. The van der Waals surface area contributed by atoms with E-state index in [-0.39, 0.29) is 0 Å². The van der Waals surface area contributed by atoms with Crippen LogP contribution in [0.2, 0.25) is 0 Å². The lowest BCUT2D eigenvalue weighted by Gasteiger charge is -2.09. The summed E-state index contributed by atoms with van der Waals surface area (Å²) >= 11 is 0. The van der Waals surface area contributed by atoms with Gasteiger partial charge in [0.2, 0.25) is 0 Å². The summed E-state index contributed by atoms with van der Waals surface area (Å²) in [7, 11) is 1.53. The average molecular weight is 296 g/mol. The number of anilines is 1. The van der Waals surface area contributed by atoms with E-state index in [1.54, 1.807) is 0 Å². The molecule has 0 aliphatic rings. The fourth-order valence-electron chi connectivity index (χ4n) is 1.92. The van der Waals surface area contributed by atoms with Crippen LogP contribution in [0.25, 0.3) is 0 Å². The van der Waals surface area contributed by atoms with Crippen molar-refractivity contribution in [2.75, 3.05) is 25.6 Å². The van der Waals surface area contributed by atoms with Gasteiger partial charge >= 0.3 is 11.8 Å². The van der Waals surface area contributed by atoms with Crippen molar-refractivity contribution in [1.29, 1.82) is 0 Å². The summed E-state index contributed by atoms with van der Waals surface area (Å²) in [5, 5.41) is 9.49. The highest BCUT2D eigenvalue weighted by Crippen LogP contribution is 2.20. The Hall–Kier alpha value is -1.89. The molecular weight excluding hydrogens is 272 g/mol. The van der Waals surface area contributed by atoms with Crippen LogP contribution in [0, 0.1) is 19.8 Å². The largest absolute Gasteiger partial charge is 0.383 e. The number of rotatable bonds is 6. The third kappa shape index (κ3) is 4.86. The Morgan fingerprint density at radius 2 is 1.95 bits per heavy atom. The van der Waals surface area contributed by atoms with Gasteiger partial charge in [-0.25, -0.2) is 0 Å². The highest BCUT2D eigenvalue weighted by atomic mass is 16.5. The van der Waals surface area contributed by atoms with Crippen molar-refractivity contribution in [2.24, 2.45) is 5.92 Å². The van der Waals surface area contributed by atoms with Crippen molar-refractivity contribution < 1.29 is 14.3 Å². The van der Waals surface area contributed by atoms with Crippen LogP contribution in [0.3, 0.4) is 0 Å². The summed E-state index contributed by atoms with van der Waals surface area (Å²) in [5.41, 5.74) is 2.15. The van der Waals surface area contributed by atoms with E-state index >= 15 is 0 Å². The lowest BCUT2D eigenvalue weighted by molar-refractivity contribution is -0.136. The number of amides is 2. The average Bonchev–Trinajstić information content (AvgIpc) is 2.65. The second kappa shape index (κ2) is 7.78. The van der Waals surface area contributed by atoms with Crippen LogP contribution in [0.5, 0.6) is 0 Å². The van der Waals surface area contributed by atoms with Gasteiger partial charge in [0.25, 0.3) is 0 Å². The van der Waals surface area contributed by atoms with Crippen molar-refractivity contribution in [2.45, 2.75) is 34.2 Å². The molecule has 1 rings (SSSR count). The molecule has 21 heavy (non-hydrogen) atoms. The van der Waals surface area contributed by atoms with Crippen LogP contribution in [0.4, 0.5) is 5.69 Å². The first-order valence-corrected chi connectivity index (χ1v) is 6.99. The Morgan fingerprint density at radius 3 is 2.52 bits per heavy atom. The zero-order chi connectivity index (χ0) is 16.0. The summed E-state index contributed by atoms with van der Waals surface area (Å²) in [5.74, 6) is -0.923. The van der Waals surface area contributed by atoms with Crippen molar-refractivity contribution in [3.05, 3.63) is 11.4 Å². The fraction of sp³-hybridized carbons (Fsp3) is 0.643. The van der Waals surface area contributed by atoms with Crippen molar-refractivity contribution >= 4 is 17.5 Å². The molecule has 7 nitrogen and oxygen atoms in total. The maximum Gasteiger partial charge on any atom is 0.313 e. The quantitative estimate of drug-likeness (QED) is 0.602. The van der Waals surface area contributed by atoms with Crippen LogP contribution < -0.4 is 10.6 Å². The predicted octanol–water partition coefficient (Wildman–Crippen LogP) is 0.857. The summed E-state index contributed by atoms with van der Waals surface area (Å²) in [4.78, 5) is 23.5. The number of aryl methyl sites for hydroxylation is 1. The van der Waals surface area contributed by atoms with Gasteiger partial charge < -0.3 is 15.4 Å². The number of methoxy groups -OCH3 is 1. The molecule has 0 unspecified atom stereocenters. The molecule has 0 aromatic carbocycles. The van der Waals surface area contributed by atoms with E-state index < -0.39 is 11.8 Å². The number of aromatic nitrogens is 2. The van der Waals surface area contributed by atoms with Gasteiger partial charge in [-0.15, -0.1) is 0 Å². The Bertz CT molecular complexity index is 509. The normalized spacial score (nSPS) is 10.8. The maximum atomic E-state index is 11.8.